The lowest BCUT2D eigenvalue weighted by atomic mass is 10.1. The molecular formula is C11H15N3OS2. The van der Waals surface area contributed by atoms with Crippen molar-refractivity contribution in [3.8, 4) is 0 Å². The van der Waals surface area contributed by atoms with Gasteiger partial charge in [-0.3, -0.25) is 9.20 Å². The Morgan fingerprint density at radius 2 is 2.35 bits per heavy atom. The standard InChI is InChI=1S/C11H15N3OS2/c1-11(2,12)7-16-6-8-5-9(15)14-3-4-17-10(14)13-8/h3-5H,6-7,12H2,1-2H3. The van der Waals surface area contributed by atoms with Gasteiger partial charge in [-0.1, -0.05) is 0 Å². The lowest BCUT2D eigenvalue weighted by Gasteiger charge is -2.17. The normalized spacial score (nSPS) is 12.2. The van der Waals surface area contributed by atoms with Gasteiger partial charge in [-0.15, -0.1) is 11.3 Å². The van der Waals surface area contributed by atoms with Gasteiger partial charge in [-0.2, -0.15) is 11.8 Å². The van der Waals surface area contributed by atoms with E-state index in [4.69, 9.17) is 5.73 Å². The van der Waals surface area contributed by atoms with Gasteiger partial charge in [0, 0.05) is 34.7 Å². The molecule has 2 aromatic heterocycles. The molecule has 17 heavy (non-hydrogen) atoms. The van der Waals surface area contributed by atoms with Gasteiger partial charge in [-0.25, -0.2) is 4.98 Å². The molecule has 0 spiro atoms. The third-order valence-corrected chi connectivity index (χ3v) is 4.28. The van der Waals surface area contributed by atoms with Crippen LogP contribution in [-0.2, 0) is 5.75 Å². The molecule has 2 aromatic rings. The maximum absolute atomic E-state index is 11.7. The second-order valence-electron chi connectivity index (χ2n) is 4.62. The van der Waals surface area contributed by atoms with Crippen LogP contribution in [0.2, 0.25) is 0 Å². The Morgan fingerprint density at radius 3 is 3.06 bits per heavy atom. The molecule has 0 saturated heterocycles. The van der Waals surface area contributed by atoms with E-state index in [9.17, 15) is 4.79 Å². The highest BCUT2D eigenvalue weighted by molar-refractivity contribution is 7.98. The summed E-state index contributed by atoms with van der Waals surface area (Å²) in [5.41, 5.74) is 6.52. The number of rotatable bonds is 4. The molecule has 92 valence electrons. The average molecular weight is 269 g/mol. The van der Waals surface area contributed by atoms with Crippen LogP contribution in [0, 0.1) is 0 Å². The van der Waals surface area contributed by atoms with Crippen molar-refractivity contribution in [2.45, 2.75) is 25.1 Å². The number of thiazole rings is 1. The predicted octanol–water partition coefficient (Wildman–Crippen LogP) is 1.73. The summed E-state index contributed by atoms with van der Waals surface area (Å²) >= 11 is 3.17. The van der Waals surface area contributed by atoms with Crippen molar-refractivity contribution in [2.24, 2.45) is 5.73 Å². The van der Waals surface area contributed by atoms with Crippen LogP contribution in [0.1, 0.15) is 19.5 Å². The van der Waals surface area contributed by atoms with Gasteiger partial charge < -0.3 is 5.73 Å². The molecule has 0 fully saturated rings. The number of nitrogens with two attached hydrogens (primary N) is 1. The van der Waals surface area contributed by atoms with Gasteiger partial charge >= 0.3 is 0 Å². The van der Waals surface area contributed by atoms with Crippen molar-refractivity contribution in [2.75, 3.05) is 5.75 Å². The van der Waals surface area contributed by atoms with E-state index >= 15 is 0 Å². The van der Waals surface area contributed by atoms with Crippen molar-refractivity contribution in [3.05, 3.63) is 33.7 Å². The number of hydrogen-bond acceptors (Lipinski definition) is 5. The monoisotopic (exact) mass is 269 g/mol. The summed E-state index contributed by atoms with van der Waals surface area (Å²) in [6.07, 6.45) is 1.75. The Kier molecular flexibility index (Phi) is 3.56. The highest BCUT2D eigenvalue weighted by Gasteiger charge is 2.11. The average Bonchev–Trinajstić information content (AvgIpc) is 2.64. The van der Waals surface area contributed by atoms with Crippen LogP contribution in [0.3, 0.4) is 0 Å². The maximum atomic E-state index is 11.7. The molecule has 6 heteroatoms. The van der Waals surface area contributed by atoms with Gasteiger partial charge in [-0.05, 0) is 13.8 Å². The first-order valence-corrected chi connectivity index (χ1v) is 7.31. The Morgan fingerprint density at radius 1 is 1.59 bits per heavy atom. The molecule has 2 heterocycles. The van der Waals surface area contributed by atoms with Crippen LogP contribution in [-0.4, -0.2) is 20.7 Å². The fourth-order valence-electron chi connectivity index (χ4n) is 1.38. The van der Waals surface area contributed by atoms with E-state index in [1.165, 1.54) is 11.3 Å². The van der Waals surface area contributed by atoms with E-state index in [1.54, 1.807) is 28.4 Å². The molecule has 2 N–H and O–H groups in total. The van der Waals surface area contributed by atoms with Crippen LogP contribution >= 0.6 is 23.1 Å². The number of thioether (sulfide) groups is 1. The smallest absolute Gasteiger partial charge is 0.258 e. The van der Waals surface area contributed by atoms with Crippen molar-refractivity contribution in [3.63, 3.8) is 0 Å². The van der Waals surface area contributed by atoms with Gasteiger partial charge in [0.05, 0.1) is 5.69 Å². The molecule has 0 aliphatic carbocycles. The molecule has 0 unspecified atom stereocenters. The summed E-state index contributed by atoms with van der Waals surface area (Å²) in [7, 11) is 0. The molecule has 0 amide bonds. The number of fused-ring (bicyclic) bond motifs is 1. The molecule has 0 bridgehead atoms. The lowest BCUT2D eigenvalue weighted by molar-refractivity contribution is 0.591. The number of aromatic nitrogens is 2. The summed E-state index contributed by atoms with van der Waals surface area (Å²) in [4.78, 5) is 16.9. The maximum Gasteiger partial charge on any atom is 0.258 e. The zero-order valence-corrected chi connectivity index (χ0v) is 11.5. The predicted molar refractivity (Wildman–Crippen MR) is 73.8 cm³/mol. The lowest BCUT2D eigenvalue weighted by Crippen LogP contribution is -2.34. The molecule has 0 aliphatic rings. The molecular weight excluding hydrogens is 254 g/mol. The van der Waals surface area contributed by atoms with E-state index in [0.717, 1.165) is 22.2 Å². The number of nitrogens with zero attached hydrogens (tertiary/aromatic N) is 2. The van der Waals surface area contributed by atoms with Crippen LogP contribution in [0.25, 0.3) is 4.96 Å². The van der Waals surface area contributed by atoms with Crippen molar-refractivity contribution >= 4 is 28.1 Å². The molecule has 4 nitrogen and oxygen atoms in total. The molecule has 0 radical (unpaired) electrons. The fourth-order valence-corrected chi connectivity index (χ4v) is 3.10. The Bertz CT molecular complexity index is 568. The second kappa shape index (κ2) is 4.80. The van der Waals surface area contributed by atoms with Crippen molar-refractivity contribution < 1.29 is 0 Å². The van der Waals surface area contributed by atoms with Crippen LogP contribution in [0.4, 0.5) is 0 Å². The fraction of sp³-hybridized carbons (Fsp3) is 0.455. The highest BCUT2D eigenvalue weighted by atomic mass is 32.2. The first-order valence-electron chi connectivity index (χ1n) is 5.28. The van der Waals surface area contributed by atoms with Crippen LogP contribution < -0.4 is 11.3 Å². The topological polar surface area (TPSA) is 60.4 Å². The zero-order valence-electron chi connectivity index (χ0n) is 9.84. The summed E-state index contributed by atoms with van der Waals surface area (Å²) in [5, 5.41) is 1.86. The van der Waals surface area contributed by atoms with E-state index in [2.05, 4.69) is 4.98 Å². The van der Waals surface area contributed by atoms with E-state index in [0.29, 0.717) is 0 Å². The van der Waals surface area contributed by atoms with Crippen LogP contribution in [0.15, 0.2) is 22.4 Å². The molecule has 0 saturated carbocycles. The summed E-state index contributed by atoms with van der Waals surface area (Å²) in [6.45, 7) is 3.98. The summed E-state index contributed by atoms with van der Waals surface area (Å²) in [6, 6.07) is 1.59. The van der Waals surface area contributed by atoms with Crippen molar-refractivity contribution in [1.82, 2.24) is 9.38 Å². The van der Waals surface area contributed by atoms with Gasteiger partial charge in [0.1, 0.15) is 0 Å². The molecule has 0 aromatic carbocycles. The first-order chi connectivity index (χ1) is 7.96. The molecule has 0 atom stereocenters. The highest BCUT2D eigenvalue weighted by Crippen LogP contribution is 2.15. The molecule has 0 aliphatic heterocycles. The third-order valence-electron chi connectivity index (χ3n) is 2.08. The SMILES string of the molecule is CC(C)(N)CSCc1cc(=O)n2ccsc2n1. The second-order valence-corrected chi connectivity index (χ2v) is 6.48. The van der Waals surface area contributed by atoms with Crippen LogP contribution in [0.5, 0.6) is 0 Å². The Hall–Kier alpha value is -0.850. The largest absolute Gasteiger partial charge is 0.325 e. The minimum Gasteiger partial charge on any atom is -0.325 e. The quantitative estimate of drug-likeness (QED) is 0.918. The van der Waals surface area contributed by atoms with Gasteiger partial charge in [0.2, 0.25) is 0 Å². The summed E-state index contributed by atoms with van der Waals surface area (Å²) in [5.74, 6) is 1.57. The minimum absolute atomic E-state index is 0.0149. The van der Waals surface area contributed by atoms with E-state index in [1.807, 2.05) is 19.2 Å². The Balaban J connectivity index is 2.11. The van der Waals surface area contributed by atoms with Gasteiger partial charge in [0.25, 0.3) is 5.56 Å². The van der Waals surface area contributed by atoms with Gasteiger partial charge in [0.15, 0.2) is 4.96 Å². The minimum atomic E-state index is -0.188. The third kappa shape index (κ3) is 3.31. The van der Waals surface area contributed by atoms with E-state index < -0.39 is 0 Å². The van der Waals surface area contributed by atoms with Crippen molar-refractivity contribution in [1.29, 1.82) is 0 Å². The number of hydrogen-bond donors (Lipinski definition) is 1. The summed E-state index contributed by atoms with van der Waals surface area (Å²) < 4.78 is 1.56. The van der Waals surface area contributed by atoms with E-state index in [-0.39, 0.29) is 11.1 Å². The molecule has 2 rings (SSSR count). The Labute approximate surface area is 108 Å². The zero-order chi connectivity index (χ0) is 12.5. The first kappa shape index (κ1) is 12.6.